The van der Waals surface area contributed by atoms with Crippen LogP contribution in [0.15, 0.2) is 54.7 Å². The lowest BCUT2D eigenvalue weighted by molar-refractivity contribution is -0.132. The molecule has 2 aliphatic rings. The Bertz CT molecular complexity index is 927. The number of rotatable bonds is 6. The van der Waals surface area contributed by atoms with E-state index in [1.165, 1.54) is 0 Å². The lowest BCUT2D eigenvalue weighted by atomic mass is 9.92. The molecule has 7 nitrogen and oxygen atoms in total. The summed E-state index contributed by atoms with van der Waals surface area (Å²) in [6, 6.07) is 14.6. The summed E-state index contributed by atoms with van der Waals surface area (Å²) in [5, 5.41) is 0. The van der Waals surface area contributed by atoms with Gasteiger partial charge in [-0.25, -0.2) is 4.98 Å². The quantitative estimate of drug-likeness (QED) is 0.516. The third-order valence-electron chi connectivity index (χ3n) is 6.41. The highest BCUT2D eigenvalue weighted by Crippen LogP contribution is 2.23. The largest absolute Gasteiger partial charge is 0.353 e. The molecule has 32 heavy (non-hydrogen) atoms. The van der Waals surface area contributed by atoms with E-state index in [9.17, 15) is 14.4 Å². The number of likely N-dealkylation sites (tertiary alicyclic amines) is 1. The minimum absolute atomic E-state index is 0.175. The van der Waals surface area contributed by atoms with Crippen LogP contribution in [-0.2, 0) is 9.59 Å². The fraction of sp³-hybridized carbons (Fsp3) is 0.440. The second kappa shape index (κ2) is 10.4. The van der Waals surface area contributed by atoms with Crippen molar-refractivity contribution in [2.75, 3.05) is 44.2 Å². The summed E-state index contributed by atoms with van der Waals surface area (Å²) in [5.41, 5.74) is 0.430. The number of anilines is 1. The standard InChI is InChI=1S/C25H30N4O3/c30-23(28-17-15-27(16-18-28)22-10-4-5-13-26-22)12-11-20-7-6-14-29(19-20)25(32)24(31)21-8-2-1-3-9-21/h1-5,8-10,13,20H,6-7,11-12,14-19H2/t20-/m1/s1. The van der Waals surface area contributed by atoms with Crippen molar-refractivity contribution in [3.05, 3.63) is 60.3 Å². The van der Waals surface area contributed by atoms with E-state index < -0.39 is 11.7 Å². The number of carbonyl (C=O) groups excluding carboxylic acids is 3. The summed E-state index contributed by atoms with van der Waals surface area (Å²) in [6.07, 6.45) is 4.89. The van der Waals surface area contributed by atoms with Crippen molar-refractivity contribution in [3.63, 3.8) is 0 Å². The fourth-order valence-corrected chi connectivity index (χ4v) is 4.55. The maximum Gasteiger partial charge on any atom is 0.294 e. The van der Waals surface area contributed by atoms with Gasteiger partial charge in [-0.15, -0.1) is 0 Å². The van der Waals surface area contributed by atoms with Gasteiger partial charge in [-0.2, -0.15) is 0 Å². The predicted octanol–water partition coefficient (Wildman–Crippen LogP) is 2.63. The van der Waals surface area contributed by atoms with E-state index in [2.05, 4.69) is 9.88 Å². The van der Waals surface area contributed by atoms with Crippen molar-refractivity contribution >= 4 is 23.4 Å². The monoisotopic (exact) mass is 434 g/mol. The maximum absolute atomic E-state index is 12.7. The molecule has 0 bridgehead atoms. The molecule has 2 aliphatic heterocycles. The van der Waals surface area contributed by atoms with Gasteiger partial charge in [0.2, 0.25) is 11.7 Å². The zero-order valence-electron chi connectivity index (χ0n) is 18.4. The summed E-state index contributed by atoms with van der Waals surface area (Å²) in [7, 11) is 0. The summed E-state index contributed by atoms with van der Waals surface area (Å²) >= 11 is 0. The van der Waals surface area contributed by atoms with E-state index in [0.717, 1.165) is 38.2 Å². The van der Waals surface area contributed by atoms with Crippen molar-refractivity contribution in [1.29, 1.82) is 0 Å². The van der Waals surface area contributed by atoms with Crippen LogP contribution in [-0.4, -0.2) is 71.6 Å². The molecule has 168 valence electrons. The van der Waals surface area contributed by atoms with Gasteiger partial charge in [-0.1, -0.05) is 36.4 Å². The second-order valence-corrected chi connectivity index (χ2v) is 8.55. The Morgan fingerprint density at radius 2 is 1.62 bits per heavy atom. The number of aromatic nitrogens is 1. The maximum atomic E-state index is 12.7. The number of amides is 2. The Kier molecular flexibility index (Phi) is 7.14. The van der Waals surface area contributed by atoms with E-state index in [0.29, 0.717) is 38.2 Å². The van der Waals surface area contributed by atoms with Gasteiger partial charge >= 0.3 is 0 Å². The average Bonchev–Trinajstić information content (AvgIpc) is 2.87. The number of Topliss-reactive ketones (excluding diaryl/α,β-unsaturated/α-hetero) is 1. The summed E-state index contributed by atoms with van der Waals surface area (Å²) in [6.45, 7) is 4.15. The highest BCUT2D eigenvalue weighted by molar-refractivity contribution is 6.42. The highest BCUT2D eigenvalue weighted by atomic mass is 16.2. The van der Waals surface area contributed by atoms with Crippen LogP contribution in [0.5, 0.6) is 0 Å². The van der Waals surface area contributed by atoms with E-state index in [1.54, 1.807) is 35.4 Å². The Labute approximate surface area is 189 Å². The van der Waals surface area contributed by atoms with Crippen LogP contribution in [0.4, 0.5) is 5.82 Å². The van der Waals surface area contributed by atoms with Gasteiger partial charge in [0.15, 0.2) is 0 Å². The minimum atomic E-state index is -0.451. The van der Waals surface area contributed by atoms with Gasteiger partial charge in [0.25, 0.3) is 5.91 Å². The molecule has 2 saturated heterocycles. The molecule has 2 aromatic rings. The number of carbonyl (C=O) groups is 3. The van der Waals surface area contributed by atoms with E-state index in [4.69, 9.17) is 0 Å². The molecule has 1 aromatic carbocycles. The Morgan fingerprint density at radius 1 is 0.875 bits per heavy atom. The number of nitrogens with zero attached hydrogens (tertiary/aromatic N) is 4. The van der Waals surface area contributed by atoms with Crippen molar-refractivity contribution < 1.29 is 14.4 Å². The van der Waals surface area contributed by atoms with Crippen LogP contribution in [0, 0.1) is 5.92 Å². The first-order valence-electron chi connectivity index (χ1n) is 11.4. The summed E-state index contributed by atoms with van der Waals surface area (Å²) in [5.74, 6) is 0.507. The molecule has 0 spiro atoms. The Balaban J connectivity index is 1.23. The first kappa shape index (κ1) is 22.0. The van der Waals surface area contributed by atoms with Crippen LogP contribution in [0.25, 0.3) is 0 Å². The molecule has 0 saturated carbocycles. The van der Waals surface area contributed by atoms with Crippen LogP contribution in [0.3, 0.4) is 0 Å². The minimum Gasteiger partial charge on any atom is -0.353 e. The zero-order valence-corrected chi connectivity index (χ0v) is 18.4. The van der Waals surface area contributed by atoms with Crippen molar-refractivity contribution in [2.24, 2.45) is 5.92 Å². The third kappa shape index (κ3) is 5.33. The molecule has 2 fully saturated rings. The van der Waals surface area contributed by atoms with Gasteiger partial charge < -0.3 is 14.7 Å². The van der Waals surface area contributed by atoms with Crippen LogP contribution in [0.2, 0.25) is 0 Å². The molecule has 3 heterocycles. The zero-order chi connectivity index (χ0) is 22.3. The molecule has 0 N–H and O–H groups in total. The first-order chi connectivity index (χ1) is 15.6. The average molecular weight is 435 g/mol. The molecule has 7 heteroatoms. The van der Waals surface area contributed by atoms with Gasteiger partial charge in [-0.05, 0) is 37.3 Å². The molecule has 0 aliphatic carbocycles. The Hall–Kier alpha value is -3.22. The van der Waals surface area contributed by atoms with E-state index in [1.807, 2.05) is 29.2 Å². The molecule has 0 radical (unpaired) electrons. The topological polar surface area (TPSA) is 73.8 Å². The van der Waals surface area contributed by atoms with E-state index >= 15 is 0 Å². The smallest absolute Gasteiger partial charge is 0.294 e. The van der Waals surface area contributed by atoms with Gasteiger partial charge in [0, 0.05) is 57.4 Å². The van der Waals surface area contributed by atoms with Crippen molar-refractivity contribution in [3.8, 4) is 0 Å². The summed E-state index contributed by atoms with van der Waals surface area (Å²) in [4.78, 5) is 48.1. The van der Waals surface area contributed by atoms with Crippen molar-refractivity contribution in [1.82, 2.24) is 14.8 Å². The van der Waals surface area contributed by atoms with Crippen LogP contribution < -0.4 is 4.90 Å². The fourth-order valence-electron chi connectivity index (χ4n) is 4.55. The summed E-state index contributed by atoms with van der Waals surface area (Å²) < 4.78 is 0. The molecule has 1 aromatic heterocycles. The number of benzene rings is 1. The Morgan fingerprint density at radius 3 is 2.34 bits per heavy atom. The molecule has 2 amide bonds. The van der Waals surface area contributed by atoms with Gasteiger partial charge in [-0.3, -0.25) is 14.4 Å². The third-order valence-corrected chi connectivity index (χ3v) is 6.41. The molecular formula is C25H30N4O3. The van der Waals surface area contributed by atoms with Crippen LogP contribution >= 0.6 is 0 Å². The number of hydrogen-bond donors (Lipinski definition) is 0. The molecule has 4 rings (SSSR count). The SMILES string of the molecule is O=C(C(=O)N1CCC[C@H](CCC(=O)N2CCN(c3ccccn3)CC2)C1)c1ccccc1. The van der Waals surface area contributed by atoms with Crippen molar-refractivity contribution in [2.45, 2.75) is 25.7 Å². The lowest BCUT2D eigenvalue weighted by Crippen LogP contribution is -2.49. The number of ketones is 1. The number of pyridine rings is 1. The molecule has 1 atom stereocenters. The normalized spacial score (nSPS) is 19.0. The van der Waals surface area contributed by atoms with Gasteiger partial charge in [0.05, 0.1) is 0 Å². The molecule has 0 unspecified atom stereocenters. The predicted molar refractivity (Wildman–Crippen MR) is 122 cm³/mol. The lowest BCUT2D eigenvalue weighted by Gasteiger charge is -2.36. The first-order valence-corrected chi connectivity index (χ1v) is 11.4. The van der Waals surface area contributed by atoms with Crippen LogP contribution in [0.1, 0.15) is 36.0 Å². The number of piperazine rings is 1. The van der Waals surface area contributed by atoms with Gasteiger partial charge in [0.1, 0.15) is 5.82 Å². The van der Waals surface area contributed by atoms with E-state index in [-0.39, 0.29) is 11.8 Å². The molecular weight excluding hydrogens is 404 g/mol. The second-order valence-electron chi connectivity index (χ2n) is 8.55. The highest BCUT2D eigenvalue weighted by Gasteiger charge is 2.29. The number of piperidine rings is 1. The number of hydrogen-bond acceptors (Lipinski definition) is 5.